The van der Waals surface area contributed by atoms with Crippen molar-refractivity contribution in [2.45, 2.75) is 32.7 Å². The van der Waals surface area contributed by atoms with Gasteiger partial charge in [-0.25, -0.2) is 0 Å². The van der Waals surface area contributed by atoms with E-state index in [0.29, 0.717) is 0 Å². The monoisotopic (exact) mass is 304 g/mol. The predicted octanol–water partition coefficient (Wildman–Crippen LogP) is 1.21. The van der Waals surface area contributed by atoms with Crippen LogP contribution in [-0.4, -0.2) is 63.1 Å². The number of hydrogen-bond donors (Lipinski definition) is 1. The molecule has 1 N–H and O–H groups in total. The normalized spacial score (nSPS) is 17.0. The fourth-order valence-electron chi connectivity index (χ4n) is 2.87. The summed E-state index contributed by atoms with van der Waals surface area (Å²) in [5.74, 6) is 0. The first-order chi connectivity index (χ1) is 10.6. The van der Waals surface area contributed by atoms with Crippen LogP contribution in [0.5, 0.6) is 0 Å². The van der Waals surface area contributed by atoms with E-state index < -0.39 is 0 Å². The van der Waals surface area contributed by atoms with E-state index >= 15 is 0 Å². The molecule has 0 radical (unpaired) electrons. The third-order valence-corrected chi connectivity index (χ3v) is 3.88. The summed E-state index contributed by atoms with van der Waals surface area (Å²) in [4.78, 5) is 2.43. The molecule has 2 aromatic heterocycles. The van der Waals surface area contributed by atoms with Crippen LogP contribution in [0.2, 0.25) is 0 Å². The van der Waals surface area contributed by atoms with E-state index in [4.69, 9.17) is 4.74 Å². The van der Waals surface area contributed by atoms with Crippen molar-refractivity contribution in [2.24, 2.45) is 0 Å². The summed E-state index contributed by atoms with van der Waals surface area (Å²) < 4.78 is 7.16. The molecular weight excluding hydrogens is 280 g/mol. The molecule has 1 aliphatic heterocycles. The standard InChI is InChI=1S/C15H24N6O/c1-4-12-9-13(14-18-16-11-21(14)19-12)17-15(2,3)10-20-5-7-22-8-6-20/h9,11,17H,4-8,10H2,1-3H3. The summed E-state index contributed by atoms with van der Waals surface area (Å²) in [6.45, 7) is 11.1. The van der Waals surface area contributed by atoms with Crippen molar-refractivity contribution in [2.75, 3.05) is 38.2 Å². The number of fused-ring (bicyclic) bond motifs is 1. The number of rotatable bonds is 5. The van der Waals surface area contributed by atoms with E-state index in [9.17, 15) is 0 Å². The van der Waals surface area contributed by atoms with E-state index in [2.05, 4.69) is 52.4 Å². The molecular formula is C15H24N6O. The Morgan fingerprint density at radius 3 is 2.82 bits per heavy atom. The summed E-state index contributed by atoms with van der Waals surface area (Å²) >= 11 is 0. The maximum atomic E-state index is 5.42. The fraction of sp³-hybridized carbons (Fsp3) is 0.667. The van der Waals surface area contributed by atoms with Crippen LogP contribution in [0, 0.1) is 0 Å². The van der Waals surface area contributed by atoms with E-state index in [-0.39, 0.29) is 5.54 Å². The lowest BCUT2D eigenvalue weighted by molar-refractivity contribution is 0.0317. The minimum atomic E-state index is -0.0733. The third-order valence-electron chi connectivity index (χ3n) is 3.88. The summed E-state index contributed by atoms with van der Waals surface area (Å²) in [7, 11) is 0. The summed E-state index contributed by atoms with van der Waals surface area (Å²) in [6, 6.07) is 2.07. The molecule has 120 valence electrons. The first-order valence-corrected chi connectivity index (χ1v) is 7.85. The number of aromatic nitrogens is 4. The molecule has 2 aromatic rings. The first kappa shape index (κ1) is 15.2. The van der Waals surface area contributed by atoms with E-state index in [0.717, 1.165) is 56.3 Å². The molecule has 1 saturated heterocycles. The van der Waals surface area contributed by atoms with Crippen LogP contribution < -0.4 is 5.32 Å². The quantitative estimate of drug-likeness (QED) is 0.895. The van der Waals surface area contributed by atoms with Gasteiger partial charge >= 0.3 is 0 Å². The Morgan fingerprint density at radius 1 is 1.32 bits per heavy atom. The first-order valence-electron chi connectivity index (χ1n) is 7.85. The number of nitrogens with one attached hydrogen (secondary N) is 1. The van der Waals surface area contributed by atoms with Crippen LogP contribution in [0.1, 0.15) is 26.5 Å². The van der Waals surface area contributed by atoms with Crippen molar-refractivity contribution in [3.8, 4) is 0 Å². The molecule has 0 saturated carbocycles. The van der Waals surface area contributed by atoms with Gasteiger partial charge in [-0.1, -0.05) is 6.92 Å². The Bertz CT molecular complexity index is 632. The third kappa shape index (κ3) is 3.36. The van der Waals surface area contributed by atoms with Crippen molar-refractivity contribution in [3.63, 3.8) is 0 Å². The Hall–Kier alpha value is -1.73. The van der Waals surface area contributed by atoms with Crippen molar-refractivity contribution in [1.82, 2.24) is 24.7 Å². The van der Waals surface area contributed by atoms with Crippen molar-refractivity contribution < 1.29 is 4.74 Å². The lowest BCUT2D eigenvalue weighted by Gasteiger charge is -2.36. The lowest BCUT2D eigenvalue weighted by Crippen LogP contribution is -2.48. The Labute approximate surface area is 130 Å². The topological polar surface area (TPSA) is 67.6 Å². The number of anilines is 1. The van der Waals surface area contributed by atoms with Gasteiger partial charge in [0.2, 0.25) is 5.65 Å². The zero-order valence-electron chi connectivity index (χ0n) is 13.5. The molecule has 0 bridgehead atoms. The van der Waals surface area contributed by atoms with Gasteiger partial charge in [0.05, 0.1) is 24.6 Å². The van der Waals surface area contributed by atoms with Gasteiger partial charge in [-0.15, -0.1) is 10.2 Å². The molecule has 0 amide bonds. The van der Waals surface area contributed by atoms with Crippen LogP contribution in [0.3, 0.4) is 0 Å². The van der Waals surface area contributed by atoms with Gasteiger partial charge in [-0.2, -0.15) is 9.61 Å². The zero-order chi connectivity index (χ0) is 15.6. The Morgan fingerprint density at radius 2 is 2.09 bits per heavy atom. The largest absolute Gasteiger partial charge is 0.379 e. The molecule has 0 aromatic carbocycles. The van der Waals surface area contributed by atoms with Gasteiger partial charge < -0.3 is 10.1 Å². The van der Waals surface area contributed by atoms with E-state index in [1.54, 1.807) is 10.8 Å². The molecule has 1 fully saturated rings. The predicted molar refractivity (Wildman–Crippen MR) is 85.1 cm³/mol. The minimum Gasteiger partial charge on any atom is -0.379 e. The zero-order valence-corrected chi connectivity index (χ0v) is 13.5. The molecule has 0 spiro atoms. The van der Waals surface area contributed by atoms with Crippen LogP contribution in [0.4, 0.5) is 5.69 Å². The summed E-state index contributed by atoms with van der Waals surface area (Å²) in [6.07, 6.45) is 2.53. The van der Waals surface area contributed by atoms with Gasteiger partial charge in [0.25, 0.3) is 0 Å². The highest BCUT2D eigenvalue weighted by Crippen LogP contribution is 2.21. The highest BCUT2D eigenvalue weighted by Gasteiger charge is 2.24. The van der Waals surface area contributed by atoms with Gasteiger partial charge in [-0.3, -0.25) is 4.90 Å². The van der Waals surface area contributed by atoms with E-state index in [1.165, 1.54) is 0 Å². The van der Waals surface area contributed by atoms with Crippen LogP contribution in [-0.2, 0) is 11.2 Å². The number of aryl methyl sites for hydroxylation is 1. The molecule has 0 atom stereocenters. The van der Waals surface area contributed by atoms with Gasteiger partial charge in [-0.05, 0) is 26.3 Å². The number of morpholine rings is 1. The fourth-order valence-corrected chi connectivity index (χ4v) is 2.87. The summed E-state index contributed by atoms with van der Waals surface area (Å²) in [5.41, 5.74) is 2.71. The molecule has 0 unspecified atom stereocenters. The maximum absolute atomic E-state index is 5.42. The van der Waals surface area contributed by atoms with Crippen molar-refractivity contribution >= 4 is 11.3 Å². The molecule has 7 nitrogen and oxygen atoms in total. The number of ether oxygens (including phenoxy) is 1. The molecule has 1 aliphatic rings. The SMILES string of the molecule is CCc1cc(NC(C)(C)CN2CCOCC2)c2nncn2n1. The average Bonchev–Trinajstić information content (AvgIpc) is 2.96. The highest BCUT2D eigenvalue weighted by molar-refractivity contribution is 5.67. The maximum Gasteiger partial charge on any atom is 0.200 e. The van der Waals surface area contributed by atoms with Crippen molar-refractivity contribution in [1.29, 1.82) is 0 Å². The smallest absolute Gasteiger partial charge is 0.200 e. The van der Waals surface area contributed by atoms with Gasteiger partial charge in [0.15, 0.2) is 0 Å². The Kier molecular flexibility index (Phi) is 4.26. The highest BCUT2D eigenvalue weighted by atomic mass is 16.5. The van der Waals surface area contributed by atoms with Gasteiger partial charge in [0, 0.05) is 25.2 Å². The molecule has 0 aliphatic carbocycles. The second-order valence-electron chi connectivity index (χ2n) is 6.40. The van der Waals surface area contributed by atoms with Crippen LogP contribution in [0.25, 0.3) is 5.65 Å². The Balaban J connectivity index is 1.79. The van der Waals surface area contributed by atoms with Crippen molar-refractivity contribution in [3.05, 3.63) is 18.1 Å². The van der Waals surface area contributed by atoms with E-state index in [1.807, 2.05) is 0 Å². The average molecular weight is 304 g/mol. The number of nitrogens with zero attached hydrogens (tertiary/aromatic N) is 5. The molecule has 3 heterocycles. The summed E-state index contributed by atoms with van der Waals surface area (Å²) in [5, 5.41) is 16.3. The van der Waals surface area contributed by atoms with Crippen LogP contribution >= 0.6 is 0 Å². The molecule has 22 heavy (non-hydrogen) atoms. The lowest BCUT2D eigenvalue weighted by atomic mass is 10.0. The second-order valence-corrected chi connectivity index (χ2v) is 6.40. The van der Waals surface area contributed by atoms with Gasteiger partial charge in [0.1, 0.15) is 6.33 Å². The minimum absolute atomic E-state index is 0.0733. The molecule has 3 rings (SSSR count). The van der Waals surface area contributed by atoms with Crippen LogP contribution in [0.15, 0.2) is 12.4 Å². The molecule has 7 heteroatoms. The number of hydrogen-bond acceptors (Lipinski definition) is 6. The second kappa shape index (κ2) is 6.18.